The first-order valence-corrected chi connectivity index (χ1v) is 5.58. The number of nitrogens with zero attached hydrogens (tertiary/aromatic N) is 1. The predicted molar refractivity (Wildman–Crippen MR) is 56.4 cm³/mol. The summed E-state index contributed by atoms with van der Waals surface area (Å²) in [7, 11) is -4.22. The van der Waals surface area contributed by atoms with Crippen molar-refractivity contribution in [3.05, 3.63) is 35.7 Å². The van der Waals surface area contributed by atoms with E-state index in [2.05, 4.69) is 10.2 Å². The number of carbonyl (C=O) groups excluding carboxylic acids is 1. The van der Waals surface area contributed by atoms with Gasteiger partial charge in [-0.15, -0.1) is 0 Å². The average molecular weight is 240 g/mol. The molecular weight excluding hydrogens is 232 g/mol. The maximum Gasteiger partial charge on any atom is 0.304 e. The SMILES string of the molecule is [C-]#[N+]CC(=O)Nc1ccc(S(=O)(=O)O)cc1. The third-order valence-corrected chi connectivity index (χ3v) is 2.53. The van der Waals surface area contributed by atoms with Gasteiger partial charge in [0, 0.05) is 5.69 Å². The van der Waals surface area contributed by atoms with Crippen LogP contribution in [0, 0.1) is 6.57 Å². The number of anilines is 1. The van der Waals surface area contributed by atoms with Crippen molar-refractivity contribution < 1.29 is 17.8 Å². The van der Waals surface area contributed by atoms with Crippen LogP contribution in [0.15, 0.2) is 29.2 Å². The van der Waals surface area contributed by atoms with Crippen LogP contribution in [-0.2, 0) is 14.9 Å². The second kappa shape index (κ2) is 4.74. The Morgan fingerprint density at radius 3 is 2.38 bits per heavy atom. The zero-order valence-electron chi connectivity index (χ0n) is 8.04. The van der Waals surface area contributed by atoms with Crippen molar-refractivity contribution in [1.29, 1.82) is 0 Å². The molecule has 1 amide bonds. The van der Waals surface area contributed by atoms with E-state index in [1.807, 2.05) is 0 Å². The van der Waals surface area contributed by atoms with E-state index in [1.54, 1.807) is 0 Å². The van der Waals surface area contributed by atoms with Gasteiger partial charge in [-0.25, -0.2) is 6.57 Å². The highest BCUT2D eigenvalue weighted by Crippen LogP contribution is 2.13. The number of rotatable bonds is 3. The maximum atomic E-state index is 11.0. The molecule has 0 heterocycles. The normalized spacial score (nSPS) is 10.5. The van der Waals surface area contributed by atoms with Crippen molar-refractivity contribution >= 4 is 21.7 Å². The van der Waals surface area contributed by atoms with Gasteiger partial charge in [0.05, 0.1) is 4.90 Å². The Kier molecular flexibility index (Phi) is 3.60. The fourth-order valence-corrected chi connectivity index (χ4v) is 1.46. The number of hydrogen-bond acceptors (Lipinski definition) is 3. The molecule has 1 aromatic carbocycles. The molecule has 0 aliphatic rings. The van der Waals surface area contributed by atoms with Crippen LogP contribution in [0.4, 0.5) is 5.69 Å². The van der Waals surface area contributed by atoms with Gasteiger partial charge in [-0.3, -0.25) is 9.35 Å². The summed E-state index contributed by atoms with van der Waals surface area (Å²) >= 11 is 0. The molecule has 0 aliphatic carbocycles. The highest BCUT2D eigenvalue weighted by Gasteiger charge is 2.09. The second-order valence-electron chi connectivity index (χ2n) is 2.86. The molecule has 0 radical (unpaired) electrons. The summed E-state index contributed by atoms with van der Waals surface area (Å²) in [5.41, 5.74) is 0.362. The number of carbonyl (C=O) groups is 1. The minimum absolute atomic E-state index is 0.254. The summed E-state index contributed by atoms with van der Waals surface area (Å²) in [5, 5.41) is 2.39. The van der Waals surface area contributed by atoms with E-state index in [9.17, 15) is 13.2 Å². The van der Waals surface area contributed by atoms with E-state index >= 15 is 0 Å². The lowest BCUT2D eigenvalue weighted by molar-refractivity contribution is -0.114. The quantitative estimate of drug-likeness (QED) is 0.604. The van der Waals surface area contributed by atoms with Gasteiger partial charge in [0.1, 0.15) is 0 Å². The van der Waals surface area contributed by atoms with E-state index in [1.165, 1.54) is 12.1 Å². The summed E-state index contributed by atoms with van der Waals surface area (Å²) in [4.78, 5) is 13.6. The molecule has 0 aromatic heterocycles. The van der Waals surface area contributed by atoms with Gasteiger partial charge in [0.25, 0.3) is 16.7 Å². The van der Waals surface area contributed by atoms with Crippen molar-refractivity contribution in [2.45, 2.75) is 4.90 Å². The number of hydrogen-bond donors (Lipinski definition) is 2. The van der Waals surface area contributed by atoms with E-state index in [-0.39, 0.29) is 11.4 Å². The van der Waals surface area contributed by atoms with Crippen LogP contribution in [0.5, 0.6) is 0 Å². The van der Waals surface area contributed by atoms with Gasteiger partial charge in [0.2, 0.25) is 0 Å². The van der Waals surface area contributed by atoms with Crippen molar-refractivity contribution in [3.63, 3.8) is 0 Å². The van der Waals surface area contributed by atoms with Crippen LogP contribution in [0.25, 0.3) is 4.85 Å². The molecule has 0 bridgehead atoms. The molecule has 0 spiro atoms. The highest BCUT2D eigenvalue weighted by molar-refractivity contribution is 7.85. The lowest BCUT2D eigenvalue weighted by Gasteiger charge is -2.02. The Bertz CT molecular complexity index is 528. The average Bonchev–Trinajstić information content (AvgIpc) is 2.17. The number of benzene rings is 1. The van der Waals surface area contributed by atoms with Crippen molar-refractivity contribution in [2.75, 3.05) is 11.9 Å². The molecule has 0 aliphatic heterocycles. The van der Waals surface area contributed by atoms with Gasteiger partial charge in [-0.1, -0.05) is 0 Å². The molecule has 84 valence electrons. The summed E-state index contributed by atoms with van der Waals surface area (Å²) < 4.78 is 30.1. The van der Waals surface area contributed by atoms with E-state index in [0.29, 0.717) is 5.69 Å². The molecule has 6 nitrogen and oxygen atoms in total. The van der Waals surface area contributed by atoms with Gasteiger partial charge in [-0.05, 0) is 24.3 Å². The molecule has 0 fully saturated rings. The zero-order valence-corrected chi connectivity index (χ0v) is 8.86. The smallest absolute Gasteiger partial charge is 0.304 e. The van der Waals surface area contributed by atoms with Gasteiger partial charge in [-0.2, -0.15) is 8.42 Å². The highest BCUT2D eigenvalue weighted by atomic mass is 32.2. The first-order chi connectivity index (χ1) is 7.43. The largest absolute Gasteiger partial charge is 0.320 e. The fraction of sp³-hybridized carbons (Fsp3) is 0.111. The second-order valence-corrected chi connectivity index (χ2v) is 4.29. The van der Waals surface area contributed by atoms with Gasteiger partial charge >= 0.3 is 5.91 Å². The van der Waals surface area contributed by atoms with E-state index < -0.39 is 16.0 Å². The summed E-state index contributed by atoms with van der Waals surface area (Å²) in [6.45, 7) is 6.18. The van der Waals surface area contributed by atoms with Crippen LogP contribution in [0.3, 0.4) is 0 Å². The van der Waals surface area contributed by atoms with Crippen molar-refractivity contribution in [1.82, 2.24) is 0 Å². The minimum Gasteiger partial charge on any atom is -0.320 e. The third-order valence-electron chi connectivity index (χ3n) is 1.66. The number of nitrogens with one attached hydrogen (secondary N) is 1. The van der Waals surface area contributed by atoms with E-state index in [0.717, 1.165) is 12.1 Å². The van der Waals surface area contributed by atoms with Crippen molar-refractivity contribution in [3.8, 4) is 0 Å². The van der Waals surface area contributed by atoms with Gasteiger partial charge in [0.15, 0.2) is 0 Å². The zero-order chi connectivity index (χ0) is 12.2. The Hall–Kier alpha value is -1.91. The predicted octanol–water partition coefficient (Wildman–Crippen LogP) is 0.791. The Labute approximate surface area is 92.5 Å². The molecule has 1 aromatic rings. The monoisotopic (exact) mass is 240 g/mol. The Morgan fingerprint density at radius 1 is 1.38 bits per heavy atom. The standard InChI is InChI=1S/C9H8N2O4S/c1-10-6-9(12)11-7-2-4-8(5-3-7)16(13,14)15/h2-5H,6H2,(H,11,12)(H,13,14,15). The number of amides is 1. The Balaban J connectivity index is 2.81. The molecular formula is C9H8N2O4S. The van der Waals surface area contributed by atoms with Crippen LogP contribution in [0.1, 0.15) is 0 Å². The van der Waals surface area contributed by atoms with Crippen molar-refractivity contribution in [2.24, 2.45) is 0 Å². The van der Waals surface area contributed by atoms with Crippen LogP contribution in [0.2, 0.25) is 0 Å². The summed E-state index contributed by atoms with van der Waals surface area (Å²) in [5.74, 6) is -0.477. The lowest BCUT2D eigenvalue weighted by atomic mass is 10.3. The first kappa shape index (κ1) is 12.2. The molecule has 2 N–H and O–H groups in total. The molecule has 0 saturated heterocycles. The molecule has 1 rings (SSSR count). The topological polar surface area (TPSA) is 87.8 Å². The molecule has 7 heteroatoms. The minimum atomic E-state index is -4.22. The maximum absolute atomic E-state index is 11.0. The molecule has 0 unspecified atom stereocenters. The van der Waals surface area contributed by atoms with Crippen LogP contribution in [-0.4, -0.2) is 25.4 Å². The molecule has 0 atom stereocenters. The first-order valence-electron chi connectivity index (χ1n) is 4.14. The molecule has 16 heavy (non-hydrogen) atoms. The third kappa shape index (κ3) is 3.34. The lowest BCUT2D eigenvalue weighted by Crippen LogP contribution is -2.13. The van der Waals surface area contributed by atoms with Crippen LogP contribution < -0.4 is 5.32 Å². The fourth-order valence-electron chi connectivity index (χ4n) is 0.983. The summed E-state index contributed by atoms with van der Waals surface area (Å²) in [6, 6.07) is 4.96. The molecule has 0 saturated carbocycles. The van der Waals surface area contributed by atoms with Gasteiger partial charge < -0.3 is 10.2 Å². The summed E-state index contributed by atoms with van der Waals surface area (Å²) in [6.07, 6.45) is 0. The van der Waals surface area contributed by atoms with Crippen LogP contribution >= 0.6 is 0 Å². The van der Waals surface area contributed by atoms with E-state index in [4.69, 9.17) is 11.1 Å². The Morgan fingerprint density at radius 2 is 1.94 bits per heavy atom.